The number of carbonyl (C=O) groups is 1. The molecule has 86 valence electrons. The van der Waals surface area contributed by atoms with E-state index in [0.29, 0.717) is 11.8 Å². The summed E-state index contributed by atoms with van der Waals surface area (Å²) in [7, 11) is 1.16. The molecule has 2 nitrogen and oxygen atoms in total. The summed E-state index contributed by atoms with van der Waals surface area (Å²) in [5, 5.41) is 0. The quantitative estimate of drug-likeness (QED) is 0.589. The van der Waals surface area contributed by atoms with Gasteiger partial charge in [0, 0.05) is 0 Å². The second-order valence-corrected chi connectivity index (χ2v) is 2.95. The number of hydrogen-bond acceptors (Lipinski definition) is 2. The van der Waals surface area contributed by atoms with Crippen LogP contribution < -0.4 is 4.74 Å². The predicted octanol–water partition coefficient (Wildman–Crippen LogP) is 2.93. The smallest absolute Gasteiger partial charge is 0.419 e. The molecule has 1 rings (SSSR count). The van der Waals surface area contributed by atoms with Gasteiger partial charge in [0.2, 0.25) is 0 Å². The van der Waals surface area contributed by atoms with Gasteiger partial charge in [-0.25, -0.2) is 0 Å². The van der Waals surface area contributed by atoms with Crippen LogP contribution in [0, 0.1) is 0 Å². The van der Waals surface area contributed by atoms with Gasteiger partial charge in [0.05, 0.1) is 12.7 Å². The van der Waals surface area contributed by atoms with E-state index in [1.165, 1.54) is 24.3 Å². The molecule has 1 aromatic rings. The van der Waals surface area contributed by atoms with Crippen molar-refractivity contribution in [2.24, 2.45) is 0 Å². The summed E-state index contributed by atoms with van der Waals surface area (Å²) in [6.07, 6.45) is -1.31. The average molecular weight is 230 g/mol. The Morgan fingerprint density at radius 1 is 1.31 bits per heavy atom. The van der Waals surface area contributed by atoms with E-state index in [0.717, 1.165) is 13.2 Å². The van der Waals surface area contributed by atoms with Gasteiger partial charge in [-0.05, 0) is 23.8 Å². The van der Waals surface area contributed by atoms with E-state index in [9.17, 15) is 18.0 Å². The van der Waals surface area contributed by atoms with E-state index in [4.69, 9.17) is 0 Å². The van der Waals surface area contributed by atoms with Gasteiger partial charge in [0.1, 0.15) is 12.0 Å². The zero-order chi connectivity index (χ0) is 12.2. The third kappa shape index (κ3) is 2.85. The molecule has 0 saturated carbocycles. The largest absolute Gasteiger partial charge is 0.496 e. The Kier molecular flexibility index (Phi) is 3.71. The fraction of sp³-hybridized carbons (Fsp3) is 0.182. The molecule has 0 spiro atoms. The summed E-state index contributed by atoms with van der Waals surface area (Å²) in [5.74, 6) is -0.263. The number of alkyl halides is 3. The number of aldehydes is 1. The monoisotopic (exact) mass is 230 g/mol. The van der Waals surface area contributed by atoms with E-state index in [-0.39, 0.29) is 5.75 Å². The van der Waals surface area contributed by atoms with Gasteiger partial charge in [-0.1, -0.05) is 12.1 Å². The molecule has 5 heteroatoms. The van der Waals surface area contributed by atoms with E-state index >= 15 is 0 Å². The number of hydrogen-bond donors (Lipinski definition) is 0. The lowest BCUT2D eigenvalue weighted by Gasteiger charge is -2.12. The van der Waals surface area contributed by atoms with Crippen molar-refractivity contribution in [1.82, 2.24) is 0 Å². The molecular formula is C11H9F3O2. The highest BCUT2D eigenvalue weighted by Gasteiger charge is 2.34. The van der Waals surface area contributed by atoms with Crippen LogP contribution in [0.2, 0.25) is 0 Å². The Morgan fingerprint density at radius 3 is 2.50 bits per heavy atom. The van der Waals surface area contributed by atoms with Crippen LogP contribution in [0.1, 0.15) is 11.1 Å². The van der Waals surface area contributed by atoms with Crippen molar-refractivity contribution in [3.63, 3.8) is 0 Å². The molecule has 1 aromatic carbocycles. The van der Waals surface area contributed by atoms with Crippen molar-refractivity contribution in [2.45, 2.75) is 6.18 Å². The Labute approximate surface area is 90.3 Å². The topological polar surface area (TPSA) is 26.3 Å². The molecule has 0 aliphatic rings. The molecule has 0 fully saturated rings. The molecule has 0 unspecified atom stereocenters. The van der Waals surface area contributed by atoms with E-state index in [1.807, 2.05) is 0 Å². The molecule has 0 saturated heterocycles. The maximum absolute atomic E-state index is 12.5. The number of carbonyl (C=O) groups excluding carboxylic acids is 1. The maximum atomic E-state index is 12.5. The fourth-order valence-electron chi connectivity index (χ4n) is 1.20. The minimum absolute atomic E-state index is 0.263. The first-order valence-corrected chi connectivity index (χ1v) is 4.36. The number of ether oxygens (including phenoxy) is 1. The Bertz CT molecular complexity index is 408. The van der Waals surface area contributed by atoms with Crippen LogP contribution in [0.5, 0.6) is 5.75 Å². The van der Waals surface area contributed by atoms with Crippen molar-refractivity contribution < 1.29 is 22.7 Å². The summed E-state index contributed by atoms with van der Waals surface area (Å²) in [4.78, 5) is 10.1. The molecule has 0 heterocycles. The van der Waals surface area contributed by atoms with Gasteiger partial charge in [-0.3, -0.25) is 4.79 Å². The Morgan fingerprint density at radius 2 is 2.00 bits per heavy atom. The van der Waals surface area contributed by atoms with Crippen LogP contribution in [-0.2, 0) is 11.0 Å². The highest BCUT2D eigenvalue weighted by molar-refractivity contribution is 5.74. The van der Waals surface area contributed by atoms with Crippen molar-refractivity contribution in [3.8, 4) is 5.75 Å². The van der Waals surface area contributed by atoms with Crippen molar-refractivity contribution in [3.05, 3.63) is 35.4 Å². The third-order valence-corrected chi connectivity index (χ3v) is 1.90. The van der Waals surface area contributed by atoms with Crippen molar-refractivity contribution in [1.29, 1.82) is 0 Å². The SMILES string of the molecule is COc1cc(C=CC=O)ccc1C(F)(F)F. The molecule has 0 radical (unpaired) electrons. The lowest BCUT2D eigenvalue weighted by Crippen LogP contribution is -2.07. The number of halogens is 3. The molecule has 16 heavy (non-hydrogen) atoms. The third-order valence-electron chi connectivity index (χ3n) is 1.90. The number of methoxy groups -OCH3 is 1. The molecule has 0 atom stereocenters. The van der Waals surface area contributed by atoms with Crippen LogP contribution in [0.3, 0.4) is 0 Å². The van der Waals surface area contributed by atoms with Crippen LogP contribution in [-0.4, -0.2) is 13.4 Å². The van der Waals surface area contributed by atoms with E-state index < -0.39 is 11.7 Å². The molecule has 0 aromatic heterocycles. The first-order valence-electron chi connectivity index (χ1n) is 4.36. The standard InChI is InChI=1S/C11H9F3O2/c1-16-10-7-8(3-2-6-15)4-5-9(10)11(12,13)14/h2-7H,1H3. The van der Waals surface area contributed by atoms with Gasteiger partial charge in [-0.2, -0.15) is 13.2 Å². The molecule has 0 bridgehead atoms. The summed E-state index contributed by atoms with van der Waals surface area (Å²) in [5.41, 5.74) is -0.366. The Balaban J connectivity index is 3.16. The highest BCUT2D eigenvalue weighted by Crippen LogP contribution is 2.36. The highest BCUT2D eigenvalue weighted by atomic mass is 19.4. The zero-order valence-electron chi connectivity index (χ0n) is 8.41. The first-order chi connectivity index (χ1) is 7.49. The number of allylic oxidation sites excluding steroid dienone is 1. The Hall–Kier alpha value is -1.78. The minimum atomic E-state index is -4.45. The fourth-order valence-corrected chi connectivity index (χ4v) is 1.20. The average Bonchev–Trinajstić information content (AvgIpc) is 2.24. The van der Waals surface area contributed by atoms with Gasteiger partial charge in [-0.15, -0.1) is 0 Å². The van der Waals surface area contributed by atoms with Gasteiger partial charge in [0.25, 0.3) is 0 Å². The van der Waals surface area contributed by atoms with Crippen molar-refractivity contribution >= 4 is 12.4 Å². The van der Waals surface area contributed by atoms with Gasteiger partial charge < -0.3 is 4.74 Å². The maximum Gasteiger partial charge on any atom is 0.419 e. The summed E-state index contributed by atoms with van der Waals surface area (Å²) in [6.45, 7) is 0. The van der Waals surface area contributed by atoms with Gasteiger partial charge >= 0.3 is 6.18 Å². The molecule has 0 aliphatic carbocycles. The second-order valence-electron chi connectivity index (χ2n) is 2.95. The van der Waals surface area contributed by atoms with Crippen LogP contribution >= 0.6 is 0 Å². The molecule has 0 aliphatic heterocycles. The normalized spacial score (nSPS) is 11.8. The van der Waals surface area contributed by atoms with Crippen LogP contribution in [0.4, 0.5) is 13.2 Å². The summed E-state index contributed by atoms with van der Waals surface area (Å²) < 4.78 is 42.0. The first kappa shape index (κ1) is 12.3. The zero-order valence-corrected chi connectivity index (χ0v) is 8.41. The summed E-state index contributed by atoms with van der Waals surface area (Å²) >= 11 is 0. The van der Waals surface area contributed by atoms with Gasteiger partial charge in [0.15, 0.2) is 0 Å². The van der Waals surface area contributed by atoms with Crippen molar-refractivity contribution in [2.75, 3.05) is 7.11 Å². The predicted molar refractivity (Wildman–Crippen MR) is 53.1 cm³/mol. The summed E-state index contributed by atoms with van der Waals surface area (Å²) in [6, 6.07) is 3.41. The van der Waals surface area contributed by atoms with Crippen LogP contribution in [0.25, 0.3) is 6.08 Å². The van der Waals surface area contributed by atoms with E-state index in [2.05, 4.69) is 4.74 Å². The second kappa shape index (κ2) is 4.83. The lowest BCUT2D eigenvalue weighted by atomic mass is 10.1. The number of rotatable bonds is 3. The van der Waals surface area contributed by atoms with Crippen LogP contribution in [0.15, 0.2) is 24.3 Å². The number of benzene rings is 1. The minimum Gasteiger partial charge on any atom is -0.496 e. The molecular weight excluding hydrogens is 221 g/mol. The molecule has 0 N–H and O–H groups in total. The lowest BCUT2D eigenvalue weighted by molar-refractivity contribution is -0.138. The molecule has 0 amide bonds. The van der Waals surface area contributed by atoms with E-state index in [1.54, 1.807) is 0 Å².